The van der Waals surface area contributed by atoms with Crippen molar-refractivity contribution in [1.29, 1.82) is 0 Å². The molecular weight excluding hydrogens is 272 g/mol. The van der Waals surface area contributed by atoms with E-state index >= 15 is 0 Å². The maximum Gasteiger partial charge on any atom is 0.166 e. The van der Waals surface area contributed by atoms with E-state index in [-0.39, 0.29) is 0 Å². The van der Waals surface area contributed by atoms with Crippen molar-refractivity contribution >= 4 is 28.5 Å². The van der Waals surface area contributed by atoms with Gasteiger partial charge in [0.25, 0.3) is 0 Å². The summed E-state index contributed by atoms with van der Waals surface area (Å²) in [6, 6.07) is 5.97. The molecule has 20 heavy (non-hydrogen) atoms. The van der Waals surface area contributed by atoms with Crippen molar-refractivity contribution in [2.45, 2.75) is 30.8 Å². The molecule has 0 aliphatic heterocycles. The predicted molar refractivity (Wildman–Crippen MR) is 80.5 cm³/mol. The summed E-state index contributed by atoms with van der Waals surface area (Å²) >= 11 is 1.61. The standard InChI is InChI=1S/C13H16N6S/c1-8(2)19-12(15-7-16-19)6-20-13-17-10-4-3-9(14)5-11(10)18-13/h3-5,7-8H,6,14H2,1-2H3,(H,17,18). The molecule has 0 aliphatic carbocycles. The smallest absolute Gasteiger partial charge is 0.166 e. The minimum atomic E-state index is 0.309. The van der Waals surface area contributed by atoms with Gasteiger partial charge in [0, 0.05) is 11.7 Å². The predicted octanol–water partition coefficient (Wildman–Crippen LogP) is 2.61. The number of aromatic amines is 1. The molecule has 104 valence electrons. The third kappa shape index (κ3) is 2.49. The molecular formula is C13H16N6S. The molecule has 0 bridgehead atoms. The molecule has 2 aromatic heterocycles. The van der Waals surface area contributed by atoms with Crippen LogP contribution in [-0.2, 0) is 5.75 Å². The Bertz CT molecular complexity index is 729. The van der Waals surface area contributed by atoms with Gasteiger partial charge >= 0.3 is 0 Å². The van der Waals surface area contributed by atoms with Crippen molar-refractivity contribution in [2.75, 3.05) is 5.73 Å². The molecule has 6 nitrogen and oxygen atoms in total. The zero-order chi connectivity index (χ0) is 14.1. The highest BCUT2D eigenvalue weighted by atomic mass is 32.2. The number of nitrogens with one attached hydrogen (secondary N) is 1. The SMILES string of the molecule is CC(C)n1ncnc1CSc1nc2ccc(N)cc2[nH]1. The van der Waals surface area contributed by atoms with Gasteiger partial charge in [-0.3, -0.25) is 0 Å². The van der Waals surface area contributed by atoms with E-state index in [4.69, 9.17) is 5.73 Å². The van der Waals surface area contributed by atoms with Gasteiger partial charge < -0.3 is 10.7 Å². The second-order valence-electron chi connectivity index (χ2n) is 4.82. The third-order valence-electron chi connectivity index (χ3n) is 2.96. The number of anilines is 1. The van der Waals surface area contributed by atoms with Gasteiger partial charge in [0.05, 0.1) is 16.8 Å². The number of fused-ring (bicyclic) bond motifs is 1. The van der Waals surface area contributed by atoms with Crippen LogP contribution in [0.2, 0.25) is 0 Å². The van der Waals surface area contributed by atoms with Crippen LogP contribution in [0.15, 0.2) is 29.7 Å². The number of benzene rings is 1. The zero-order valence-electron chi connectivity index (χ0n) is 11.4. The number of nitrogens with zero attached hydrogens (tertiary/aromatic N) is 4. The molecule has 0 unspecified atom stereocenters. The van der Waals surface area contributed by atoms with Crippen LogP contribution >= 0.6 is 11.8 Å². The number of rotatable bonds is 4. The van der Waals surface area contributed by atoms with E-state index in [0.717, 1.165) is 33.5 Å². The quantitative estimate of drug-likeness (QED) is 0.569. The van der Waals surface area contributed by atoms with Gasteiger partial charge in [0.1, 0.15) is 12.2 Å². The lowest BCUT2D eigenvalue weighted by atomic mass is 10.3. The second-order valence-corrected chi connectivity index (χ2v) is 5.79. The molecule has 0 saturated heterocycles. The molecule has 3 aromatic rings. The molecule has 7 heteroatoms. The summed E-state index contributed by atoms with van der Waals surface area (Å²) in [5.41, 5.74) is 8.37. The highest BCUT2D eigenvalue weighted by molar-refractivity contribution is 7.98. The first kappa shape index (κ1) is 13.0. The van der Waals surface area contributed by atoms with Crippen molar-refractivity contribution < 1.29 is 0 Å². The van der Waals surface area contributed by atoms with Crippen molar-refractivity contribution in [3.05, 3.63) is 30.4 Å². The Hall–Kier alpha value is -2.02. The highest BCUT2D eigenvalue weighted by Gasteiger charge is 2.10. The van der Waals surface area contributed by atoms with E-state index in [1.54, 1.807) is 18.1 Å². The van der Waals surface area contributed by atoms with Crippen LogP contribution in [0, 0.1) is 0 Å². The fourth-order valence-electron chi connectivity index (χ4n) is 2.01. The molecule has 0 amide bonds. The Morgan fingerprint density at radius 2 is 2.25 bits per heavy atom. The lowest BCUT2D eigenvalue weighted by Gasteiger charge is -2.07. The lowest BCUT2D eigenvalue weighted by Crippen LogP contribution is -2.07. The molecule has 0 atom stereocenters. The Balaban J connectivity index is 1.78. The van der Waals surface area contributed by atoms with Crippen LogP contribution < -0.4 is 5.73 Å². The van der Waals surface area contributed by atoms with Crippen molar-refractivity contribution in [2.24, 2.45) is 0 Å². The van der Waals surface area contributed by atoms with Crippen LogP contribution in [0.4, 0.5) is 5.69 Å². The monoisotopic (exact) mass is 288 g/mol. The summed E-state index contributed by atoms with van der Waals surface area (Å²) in [4.78, 5) is 12.1. The number of imidazole rings is 1. The first-order valence-electron chi connectivity index (χ1n) is 6.40. The van der Waals surface area contributed by atoms with Gasteiger partial charge in [0.15, 0.2) is 5.16 Å². The lowest BCUT2D eigenvalue weighted by molar-refractivity contribution is 0.514. The number of hydrogen-bond donors (Lipinski definition) is 2. The largest absolute Gasteiger partial charge is 0.399 e. The highest BCUT2D eigenvalue weighted by Crippen LogP contribution is 2.24. The molecule has 0 radical (unpaired) electrons. The molecule has 0 aliphatic rings. The maximum absolute atomic E-state index is 5.76. The van der Waals surface area contributed by atoms with Crippen LogP contribution in [0.25, 0.3) is 11.0 Å². The van der Waals surface area contributed by atoms with Crippen LogP contribution in [0.1, 0.15) is 25.7 Å². The summed E-state index contributed by atoms with van der Waals surface area (Å²) in [6.45, 7) is 4.18. The third-order valence-corrected chi connectivity index (χ3v) is 3.83. The van der Waals surface area contributed by atoms with Crippen LogP contribution in [0.3, 0.4) is 0 Å². The number of H-pyrrole nitrogens is 1. The van der Waals surface area contributed by atoms with Gasteiger partial charge in [-0.15, -0.1) is 0 Å². The summed E-state index contributed by atoms with van der Waals surface area (Å²) in [7, 11) is 0. The van der Waals surface area contributed by atoms with E-state index in [9.17, 15) is 0 Å². The summed E-state index contributed by atoms with van der Waals surface area (Å²) in [5.74, 6) is 1.68. The number of hydrogen-bond acceptors (Lipinski definition) is 5. The molecule has 2 heterocycles. The Morgan fingerprint density at radius 3 is 3.05 bits per heavy atom. The zero-order valence-corrected chi connectivity index (χ0v) is 12.2. The summed E-state index contributed by atoms with van der Waals surface area (Å²) < 4.78 is 1.92. The fourth-order valence-corrected chi connectivity index (χ4v) is 2.83. The maximum atomic E-state index is 5.76. The topological polar surface area (TPSA) is 85.4 Å². The van der Waals surface area contributed by atoms with Crippen molar-refractivity contribution in [1.82, 2.24) is 24.7 Å². The Kier molecular flexibility index (Phi) is 3.35. The molecule has 3 rings (SSSR count). The Morgan fingerprint density at radius 1 is 1.40 bits per heavy atom. The average molecular weight is 288 g/mol. The molecule has 3 N–H and O–H groups in total. The van der Waals surface area contributed by atoms with E-state index in [1.807, 2.05) is 22.9 Å². The van der Waals surface area contributed by atoms with Gasteiger partial charge in [-0.05, 0) is 32.0 Å². The molecule has 0 saturated carbocycles. The van der Waals surface area contributed by atoms with Crippen molar-refractivity contribution in [3.8, 4) is 0 Å². The Labute approximate surface area is 120 Å². The minimum Gasteiger partial charge on any atom is -0.399 e. The van der Waals surface area contributed by atoms with Crippen LogP contribution in [0.5, 0.6) is 0 Å². The summed E-state index contributed by atoms with van der Waals surface area (Å²) in [6.07, 6.45) is 1.59. The van der Waals surface area contributed by atoms with E-state index in [1.165, 1.54) is 0 Å². The molecule has 0 fully saturated rings. The number of aromatic nitrogens is 5. The van der Waals surface area contributed by atoms with Gasteiger partial charge in [-0.25, -0.2) is 14.6 Å². The number of thioether (sulfide) groups is 1. The number of nitrogens with two attached hydrogens (primary N) is 1. The van der Waals surface area contributed by atoms with E-state index in [2.05, 4.69) is 33.9 Å². The first-order valence-corrected chi connectivity index (χ1v) is 7.38. The first-order chi connectivity index (χ1) is 9.63. The van der Waals surface area contributed by atoms with Gasteiger partial charge in [-0.2, -0.15) is 5.10 Å². The number of nitrogen functional groups attached to an aromatic ring is 1. The van der Waals surface area contributed by atoms with Gasteiger partial charge in [0.2, 0.25) is 0 Å². The van der Waals surface area contributed by atoms with Crippen molar-refractivity contribution in [3.63, 3.8) is 0 Å². The molecule has 0 spiro atoms. The van der Waals surface area contributed by atoms with E-state index in [0.29, 0.717) is 6.04 Å². The van der Waals surface area contributed by atoms with Gasteiger partial charge in [-0.1, -0.05) is 11.8 Å². The summed E-state index contributed by atoms with van der Waals surface area (Å²) in [5, 5.41) is 5.09. The normalized spacial score (nSPS) is 11.6. The second kappa shape index (κ2) is 5.16. The molecule has 1 aromatic carbocycles. The van der Waals surface area contributed by atoms with E-state index < -0.39 is 0 Å². The average Bonchev–Trinajstić information content (AvgIpc) is 3.01. The van der Waals surface area contributed by atoms with Crippen LogP contribution in [-0.4, -0.2) is 24.7 Å². The minimum absolute atomic E-state index is 0.309. The fraction of sp³-hybridized carbons (Fsp3) is 0.308.